The van der Waals surface area contributed by atoms with Gasteiger partial charge in [0.25, 0.3) is 0 Å². The summed E-state index contributed by atoms with van der Waals surface area (Å²) in [5, 5.41) is 0. The predicted molar refractivity (Wildman–Crippen MR) is 65.0 cm³/mol. The molecular weight excluding hydrogens is 238 g/mol. The van der Waals surface area contributed by atoms with E-state index < -0.39 is 9.84 Å². The Bertz CT molecular complexity index is 636. The fraction of sp³-hybridized carbons (Fsp3) is 0.0909. The summed E-state index contributed by atoms with van der Waals surface area (Å²) in [6, 6.07) is 8.11. The number of sulfone groups is 1. The molecule has 5 nitrogen and oxygen atoms in total. The van der Waals surface area contributed by atoms with Crippen LogP contribution in [-0.2, 0) is 9.84 Å². The first-order valence-electron chi connectivity index (χ1n) is 4.85. The van der Waals surface area contributed by atoms with Gasteiger partial charge in [-0.3, -0.25) is 0 Å². The standard InChI is InChI=1S/C11H11N3O2S/c1-17(15,16)9-4-2-8(3-5-9)10-6-11(12)14-7-13-10/h2-7H,1H3,(H2,12,13,14). The Morgan fingerprint density at radius 2 is 1.76 bits per heavy atom. The minimum Gasteiger partial charge on any atom is -0.384 e. The lowest BCUT2D eigenvalue weighted by atomic mass is 10.1. The maximum Gasteiger partial charge on any atom is 0.175 e. The van der Waals surface area contributed by atoms with Crippen LogP contribution in [0.5, 0.6) is 0 Å². The van der Waals surface area contributed by atoms with Crippen LogP contribution in [0.4, 0.5) is 5.82 Å². The van der Waals surface area contributed by atoms with Crippen LogP contribution in [0, 0.1) is 0 Å². The molecule has 0 fully saturated rings. The smallest absolute Gasteiger partial charge is 0.175 e. The van der Waals surface area contributed by atoms with Crippen molar-refractivity contribution in [3.8, 4) is 11.3 Å². The molecule has 0 amide bonds. The van der Waals surface area contributed by atoms with Gasteiger partial charge in [-0.15, -0.1) is 0 Å². The number of nitrogens with two attached hydrogens (primary N) is 1. The zero-order valence-electron chi connectivity index (χ0n) is 9.16. The largest absolute Gasteiger partial charge is 0.384 e. The Morgan fingerprint density at radius 1 is 1.12 bits per heavy atom. The molecule has 2 N–H and O–H groups in total. The van der Waals surface area contributed by atoms with Crippen molar-refractivity contribution in [3.63, 3.8) is 0 Å². The van der Waals surface area contributed by atoms with Crippen molar-refractivity contribution >= 4 is 15.7 Å². The van der Waals surface area contributed by atoms with Gasteiger partial charge in [-0.25, -0.2) is 18.4 Å². The molecular formula is C11H11N3O2S. The highest BCUT2D eigenvalue weighted by Gasteiger charge is 2.07. The summed E-state index contributed by atoms with van der Waals surface area (Å²) < 4.78 is 22.6. The van der Waals surface area contributed by atoms with Gasteiger partial charge < -0.3 is 5.73 Å². The van der Waals surface area contributed by atoms with Crippen molar-refractivity contribution in [3.05, 3.63) is 36.7 Å². The van der Waals surface area contributed by atoms with E-state index >= 15 is 0 Å². The second-order valence-corrected chi connectivity index (χ2v) is 5.64. The minimum absolute atomic E-state index is 0.281. The summed E-state index contributed by atoms with van der Waals surface area (Å²) >= 11 is 0. The minimum atomic E-state index is -3.17. The van der Waals surface area contributed by atoms with E-state index in [1.807, 2.05) is 0 Å². The van der Waals surface area contributed by atoms with Crippen molar-refractivity contribution in [2.75, 3.05) is 12.0 Å². The first kappa shape index (κ1) is 11.5. The first-order valence-corrected chi connectivity index (χ1v) is 6.74. The third-order valence-corrected chi connectivity index (χ3v) is 3.39. The molecule has 0 saturated heterocycles. The monoisotopic (exact) mass is 249 g/mol. The van der Waals surface area contributed by atoms with Crippen molar-refractivity contribution < 1.29 is 8.42 Å². The topological polar surface area (TPSA) is 85.9 Å². The maximum atomic E-state index is 11.3. The van der Waals surface area contributed by atoms with Crippen molar-refractivity contribution in [1.29, 1.82) is 0 Å². The number of benzene rings is 1. The molecule has 0 aliphatic carbocycles. The van der Waals surface area contributed by atoms with Gasteiger partial charge in [0.15, 0.2) is 9.84 Å². The van der Waals surface area contributed by atoms with Gasteiger partial charge in [-0.1, -0.05) is 12.1 Å². The molecule has 0 saturated carbocycles. The lowest BCUT2D eigenvalue weighted by Crippen LogP contribution is -1.97. The fourth-order valence-corrected chi connectivity index (χ4v) is 2.03. The molecule has 1 aromatic carbocycles. The van der Waals surface area contributed by atoms with Crippen molar-refractivity contribution in [2.24, 2.45) is 0 Å². The van der Waals surface area contributed by atoms with Crippen LogP contribution in [0.3, 0.4) is 0 Å². The maximum absolute atomic E-state index is 11.3. The lowest BCUT2D eigenvalue weighted by molar-refractivity contribution is 0.602. The van der Waals surface area contributed by atoms with Crippen LogP contribution >= 0.6 is 0 Å². The highest BCUT2D eigenvalue weighted by molar-refractivity contribution is 7.90. The Kier molecular flexibility index (Phi) is 2.81. The molecule has 2 rings (SSSR count). The number of rotatable bonds is 2. The molecule has 1 aromatic heterocycles. The van der Waals surface area contributed by atoms with Gasteiger partial charge in [-0.2, -0.15) is 0 Å². The van der Waals surface area contributed by atoms with E-state index in [9.17, 15) is 8.42 Å². The zero-order valence-corrected chi connectivity index (χ0v) is 9.98. The number of aromatic nitrogens is 2. The Morgan fingerprint density at radius 3 is 2.29 bits per heavy atom. The SMILES string of the molecule is CS(=O)(=O)c1ccc(-c2cc(N)ncn2)cc1. The number of nitrogens with zero attached hydrogens (tertiary/aromatic N) is 2. The quantitative estimate of drug-likeness (QED) is 0.862. The van der Waals surface area contributed by atoms with Crippen LogP contribution in [-0.4, -0.2) is 24.6 Å². The molecule has 1 heterocycles. The summed E-state index contributed by atoms with van der Waals surface area (Å²) in [5.74, 6) is 0.377. The molecule has 0 radical (unpaired) electrons. The van der Waals surface area contributed by atoms with Crippen LogP contribution in [0.15, 0.2) is 41.6 Å². The number of nitrogen functional groups attached to an aromatic ring is 1. The number of hydrogen-bond acceptors (Lipinski definition) is 5. The highest BCUT2D eigenvalue weighted by atomic mass is 32.2. The Balaban J connectivity index is 2.43. The second kappa shape index (κ2) is 4.14. The van der Waals surface area contributed by atoms with Gasteiger partial charge in [-0.05, 0) is 12.1 Å². The molecule has 0 spiro atoms. The highest BCUT2D eigenvalue weighted by Crippen LogP contribution is 2.19. The van der Waals surface area contributed by atoms with E-state index in [1.165, 1.54) is 12.6 Å². The molecule has 0 unspecified atom stereocenters. The first-order chi connectivity index (χ1) is 7.97. The molecule has 6 heteroatoms. The molecule has 0 aliphatic rings. The molecule has 17 heavy (non-hydrogen) atoms. The summed E-state index contributed by atoms with van der Waals surface area (Å²) in [7, 11) is -3.17. The van der Waals surface area contributed by atoms with E-state index in [2.05, 4.69) is 9.97 Å². The average molecular weight is 249 g/mol. The van der Waals surface area contributed by atoms with Crippen LogP contribution in [0.2, 0.25) is 0 Å². The number of anilines is 1. The summed E-state index contributed by atoms with van der Waals surface area (Å²) in [6.07, 6.45) is 2.54. The predicted octanol–water partition coefficient (Wildman–Crippen LogP) is 1.13. The van der Waals surface area contributed by atoms with E-state index in [1.54, 1.807) is 30.3 Å². The third kappa shape index (κ3) is 2.59. The molecule has 0 atom stereocenters. The summed E-state index contributed by atoms with van der Waals surface area (Å²) in [6.45, 7) is 0. The molecule has 88 valence electrons. The zero-order chi connectivity index (χ0) is 12.5. The molecule has 0 aliphatic heterocycles. The lowest BCUT2D eigenvalue weighted by Gasteiger charge is -2.02. The Labute approximate surface area is 99.3 Å². The van der Waals surface area contributed by atoms with E-state index in [-0.39, 0.29) is 4.90 Å². The molecule has 2 aromatic rings. The fourth-order valence-electron chi connectivity index (χ4n) is 1.40. The Hall–Kier alpha value is -1.95. The van der Waals surface area contributed by atoms with Crippen LogP contribution in [0.25, 0.3) is 11.3 Å². The summed E-state index contributed by atoms with van der Waals surface area (Å²) in [4.78, 5) is 8.13. The van der Waals surface area contributed by atoms with Crippen LogP contribution < -0.4 is 5.73 Å². The van der Waals surface area contributed by atoms with E-state index in [4.69, 9.17) is 5.73 Å². The van der Waals surface area contributed by atoms with Gasteiger partial charge in [0.1, 0.15) is 12.1 Å². The van der Waals surface area contributed by atoms with Crippen LogP contribution in [0.1, 0.15) is 0 Å². The van der Waals surface area contributed by atoms with E-state index in [0.717, 1.165) is 5.56 Å². The van der Waals surface area contributed by atoms with E-state index in [0.29, 0.717) is 11.5 Å². The second-order valence-electron chi connectivity index (χ2n) is 3.62. The van der Waals surface area contributed by atoms with Gasteiger partial charge in [0.05, 0.1) is 10.6 Å². The molecule has 0 bridgehead atoms. The van der Waals surface area contributed by atoms with Crippen molar-refractivity contribution in [1.82, 2.24) is 9.97 Å². The number of hydrogen-bond donors (Lipinski definition) is 1. The van der Waals surface area contributed by atoms with Gasteiger partial charge in [0, 0.05) is 17.9 Å². The van der Waals surface area contributed by atoms with Gasteiger partial charge >= 0.3 is 0 Å². The third-order valence-electron chi connectivity index (χ3n) is 2.27. The summed E-state index contributed by atoms with van der Waals surface area (Å²) in [5.41, 5.74) is 7.01. The normalized spacial score (nSPS) is 11.4. The van der Waals surface area contributed by atoms with Gasteiger partial charge in [0.2, 0.25) is 0 Å². The van der Waals surface area contributed by atoms with Crippen molar-refractivity contribution in [2.45, 2.75) is 4.90 Å². The average Bonchev–Trinajstić information content (AvgIpc) is 2.28.